The number of nitrogens with one attached hydrogen (secondary N) is 1. The second-order valence-electron chi connectivity index (χ2n) is 5.30. The normalized spacial score (nSPS) is 12.7. The predicted octanol–water partition coefficient (Wildman–Crippen LogP) is 1.49. The van der Waals surface area contributed by atoms with Gasteiger partial charge in [-0.25, -0.2) is 0 Å². The predicted molar refractivity (Wildman–Crippen MR) is 82.5 cm³/mol. The summed E-state index contributed by atoms with van der Waals surface area (Å²) in [6, 6.07) is -0.420. The van der Waals surface area contributed by atoms with Gasteiger partial charge in [-0.05, 0) is 20.8 Å². The number of hydrogen-bond acceptors (Lipinski definition) is 4. The maximum atomic E-state index is 12.3. The van der Waals surface area contributed by atoms with Crippen molar-refractivity contribution in [2.45, 2.75) is 33.4 Å². The Bertz CT molecular complexity index is 791. The molecule has 0 aromatic carbocycles. The van der Waals surface area contributed by atoms with Crippen LogP contribution in [0.2, 0.25) is 0 Å². The summed E-state index contributed by atoms with van der Waals surface area (Å²) in [6.07, 6.45) is 5.29. The van der Waals surface area contributed by atoms with Crippen molar-refractivity contribution in [1.82, 2.24) is 29.3 Å². The van der Waals surface area contributed by atoms with Crippen LogP contribution in [0.5, 0.6) is 0 Å². The van der Waals surface area contributed by atoms with Gasteiger partial charge in [-0.3, -0.25) is 18.8 Å². The summed E-state index contributed by atoms with van der Waals surface area (Å²) in [5, 5.41) is 15.8. The minimum absolute atomic E-state index is 0.130. The molecule has 0 aliphatic heterocycles. The van der Waals surface area contributed by atoms with Crippen LogP contribution in [0.3, 0.4) is 0 Å². The van der Waals surface area contributed by atoms with Crippen LogP contribution < -0.4 is 5.32 Å². The highest BCUT2D eigenvalue weighted by Gasteiger charge is 2.19. The van der Waals surface area contributed by atoms with Crippen LogP contribution in [0.25, 0.3) is 11.0 Å². The van der Waals surface area contributed by atoms with Crippen LogP contribution >= 0.6 is 0 Å². The van der Waals surface area contributed by atoms with Crippen molar-refractivity contribution in [3.8, 4) is 0 Å². The number of aromatic nitrogens is 6. The van der Waals surface area contributed by atoms with Crippen LogP contribution in [0.4, 0.5) is 5.69 Å². The fraction of sp³-hybridized carbons (Fsp3) is 0.429. The molecule has 8 nitrogen and oxygen atoms in total. The molecule has 8 heteroatoms. The lowest BCUT2D eigenvalue weighted by Gasteiger charge is -2.11. The molecule has 116 valence electrons. The summed E-state index contributed by atoms with van der Waals surface area (Å²) in [6.45, 7) is 6.48. The van der Waals surface area contributed by atoms with E-state index in [0.717, 1.165) is 23.3 Å². The van der Waals surface area contributed by atoms with Crippen molar-refractivity contribution in [3.05, 3.63) is 24.3 Å². The van der Waals surface area contributed by atoms with Gasteiger partial charge in [0, 0.05) is 19.8 Å². The van der Waals surface area contributed by atoms with Crippen molar-refractivity contribution >= 4 is 22.6 Å². The lowest BCUT2D eigenvalue weighted by molar-refractivity contribution is -0.119. The van der Waals surface area contributed by atoms with Crippen molar-refractivity contribution < 1.29 is 4.79 Å². The number of rotatable bonds is 4. The number of anilines is 1. The molecule has 0 aliphatic rings. The van der Waals surface area contributed by atoms with E-state index in [1.165, 1.54) is 0 Å². The molecule has 0 unspecified atom stereocenters. The van der Waals surface area contributed by atoms with E-state index in [4.69, 9.17) is 0 Å². The first-order chi connectivity index (χ1) is 10.5. The molecule has 0 saturated carbocycles. The Kier molecular flexibility index (Phi) is 3.44. The number of nitrogens with zero attached hydrogens (tertiary/aromatic N) is 6. The van der Waals surface area contributed by atoms with Gasteiger partial charge in [0.25, 0.3) is 0 Å². The summed E-state index contributed by atoms with van der Waals surface area (Å²) >= 11 is 0. The van der Waals surface area contributed by atoms with E-state index in [1.54, 1.807) is 26.4 Å². The van der Waals surface area contributed by atoms with Crippen LogP contribution in [-0.4, -0.2) is 35.2 Å². The van der Waals surface area contributed by atoms with Crippen molar-refractivity contribution in [3.63, 3.8) is 0 Å². The first-order valence-corrected chi connectivity index (χ1v) is 7.21. The van der Waals surface area contributed by atoms with Crippen LogP contribution in [-0.2, 0) is 18.4 Å². The fourth-order valence-corrected chi connectivity index (χ4v) is 2.37. The fourth-order valence-electron chi connectivity index (χ4n) is 2.37. The van der Waals surface area contributed by atoms with Gasteiger partial charge in [-0.1, -0.05) is 0 Å². The summed E-state index contributed by atoms with van der Waals surface area (Å²) in [7, 11) is 1.87. The van der Waals surface area contributed by atoms with Gasteiger partial charge in [0.2, 0.25) is 5.91 Å². The molecule has 1 amide bonds. The molecule has 0 fully saturated rings. The number of fused-ring (bicyclic) bond motifs is 1. The molecule has 0 radical (unpaired) electrons. The van der Waals surface area contributed by atoms with Crippen molar-refractivity contribution in [1.29, 1.82) is 0 Å². The summed E-state index contributed by atoms with van der Waals surface area (Å²) in [5.74, 6) is -0.130. The third-order valence-corrected chi connectivity index (χ3v) is 3.71. The lowest BCUT2D eigenvalue weighted by Crippen LogP contribution is -2.24. The number of hydrogen-bond donors (Lipinski definition) is 1. The SMILES string of the molecule is CCn1cc(NC(=O)[C@@H](C)n2cc3c(n2)c(C)nn3C)cn1. The molecule has 3 aromatic heterocycles. The maximum Gasteiger partial charge on any atom is 0.249 e. The Morgan fingerprint density at radius 2 is 2.14 bits per heavy atom. The molecular weight excluding hydrogens is 282 g/mol. The Morgan fingerprint density at radius 1 is 1.36 bits per heavy atom. The topological polar surface area (TPSA) is 82.6 Å². The van der Waals surface area contributed by atoms with Crippen LogP contribution in [0, 0.1) is 6.92 Å². The van der Waals surface area contributed by atoms with Gasteiger partial charge in [0.15, 0.2) is 0 Å². The largest absolute Gasteiger partial charge is 0.322 e. The van der Waals surface area contributed by atoms with E-state index >= 15 is 0 Å². The molecule has 0 aliphatic carbocycles. The Balaban J connectivity index is 1.80. The van der Waals surface area contributed by atoms with E-state index in [0.29, 0.717) is 5.69 Å². The molecule has 3 heterocycles. The highest BCUT2D eigenvalue weighted by molar-refractivity contribution is 5.93. The zero-order chi connectivity index (χ0) is 15.9. The molecule has 1 N–H and O–H groups in total. The molecular formula is C14H19N7O. The molecule has 3 aromatic rings. The smallest absolute Gasteiger partial charge is 0.249 e. The average Bonchev–Trinajstić information content (AvgIpc) is 3.17. The maximum absolute atomic E-state index is 12.3. The van der Waals surface area contributed by atoms with Gasteiger partial charge < -0.3 is 5.32 Å². The van der Waals surface area contributed by atoms with Gasteiger partial charge >= 0.3 is 0 Å². The minimum atomic E-state index is -0.420. The third-order valence-electron chi connectivity index (χ3n) is 3.71. The number of amides is 1. The van der Waals surface area contributed by atoms with Gasteiger partial charge in [0.1, 0.15) is 17.1 Å². The Labute approximate surface area is 127 Å². The minimum Gasteiger partial charge on any atom is -0.322 e. The third kappa shape index (κ3) is 2.36. The summed E-state index contributed by atoms with van der Waals surface area (Å²) in [5.41, 5.74) is 3.28. The van der Waals surface area contributed by atoms with Gasteiger partial charge in [-0.15, -0.1) is 0 Å². The first kappa shape index (κ1) is 14.3. The number of carbonyl (C=O) groups is 1. The van der Waals surface area contributed by atoms with Crippen molar-refractivity contribution in [2.24, 2.45) is 7.05 Å². The van der Waals surface area contributed by atoms with Crippen LogP contribution in [0.15, 0.2) is 18.6 Å². The molecule has 0 spiro atoms. The Hall–Kier alpha value is -2.64. The van der Waals surface area contributed by atoms with Gasteiger partial charge in [-0.2, -0.15) is 15.3 Å². The molecule has 22 heavy (non-hydrogen) atoms. The van der Waals surface area contributed by atoms with Gasteiger partial charge in [0.05, 0.1) is 23.8 Å². The number of aryl methyl sites for hydroxylation is 3. The van der Waals surface area contributed by atoms with E-state index in [-0.39, 0.29) is 5.91 Å². The summed E-state index contributed by atoms with van der Waals surface area (Å²) in [4.78, 5) is 12.3. The van der Waals surface area contributed by atoms with E-state index in [2.05, 4.69) is 20.6 Å². The second kappa shape index (κ2) is 5.28. The van der Waals surface area contributed by atoms with E-state index in [9.17, 15) is 4.79 Å². The van der Waals surface area contributed by atoms with E-state index < -0.39 is 6.04 Å². The Morgan fingerprint density at radius 3 is 2.77 bits per heavy atom. The number of carbonyl (C=O) groups excluding carboxylic acids is 1. The monoisotopic (exact) mass is 301 g/mol. The first-order valence-electron chi connectivity index (χ1n) is 7.21. The second-order valence-corrected chi connectivity index (χ2v) is 5.30. The average molecular weight is 301 g/mol. The molecule has 3 rings (SSSR count). The highest BCUT2D eigenvalue weighted by Crippen LogP contribution is 2.18. The quantitative estimate of drug-likeness (QED) is 0.791. The zero-order valence-electron chi connectivity index (χ0n) is 13.1. The molecule has 0 bridgehead atoms. The van der Waals surface area contributed by atoms with Crippen molar-refractivity contribution in [2.75, 3.05) is 5.32 Å². The highest BCUT2D eigenvalue weighted by atomic mass is 16.2. The summed E-state index contributed by atoms with van der Waals surface area (Å²) < 4.78 is 5.19. The standard InChI is InChI=1S/C14H19N7O/c1-5-20-7-11(6-15-20)16-14(22)10(3)21-8-12-13(18-21)9(2)17-19(12)4/h6-8,10H,5H2,1-4H3,(H,16,22)/t10-/m1/s1. The molecule has 0 saturated heterocycles. The van der Waals surface area contributed by atoms with E-state index in [1.807, 2.05) is 34.0 Å². The molecule has 1 atom stereocenters. The van der Waals surface area contributed by atoms with Crippen LogP contribution in [0.1, 0.15) is 25.6 Å². The lowest BCUT2D eigenvalue weighted by atomic mass is 10.3. The zero-order valence-corrected chi connectivity index (χ0v) is 13.1.